The number of nitrogens with zero attached hydrogens (tertiary/aromatic N) is 1. The van der Waals surface area contributed by atoms with Crippen LogP contribution in [0.3, 0.4) is 0 Å². The van der Waals surface area contributed by atoms with Crippen LogP contribution in [0, 0.1) is 5.92 Å². The summed E-state index contributed by atoms with van der Waals surface area (Å²) in [6.45, 7) is 0. The van der Waals surface area contributed by atoms with Crippen molar-refractivity contribution in [2.75, 3.05) is 0 Å². The summed E-state index contributed by atoms with van der Waals surface area (Å²) >= 11 is 0. The number of benzene rings is 5. The zero-order chi connectivity index (χ0) is 28.6. The van der Waals surface area contributed by atoms with E-state index >= 15 is 0 Å². The number of hydrogen-bond acceptors (Lipinski definition) is 2. The van der Waals surface area contributed by atoms with Crippen molar-refractivity contribution in [3.63, 3.8) is 0 Å². The van der Waals surface area contributed by atoms with Crippen molar-refractivity contribution in [2.45, 2.75) is 18.8 Å². The average molecular weight is 556 g/mol. The molecule has 3 heteroatoms. The van der Waals surface area contributed by atoms with E-state index in [0.29, 0.717) is 5.92 Å². The molecule has 0 fully saturated rings. The minimum atomic E-state index is -0.0728. The molecule has 0 bridgehead atoms. The van der Waals surface area contributed by atoms with E-state index in [1.54, 1.807) is 0 Å². The molecule has 3 nitrogen and oxygen atoms in total. The summed E-state index contributed by atoms with van der Waals surface area (Å²) in [6.07, 6.45) is 12.2. The lowest BCUT2D eigenvalue weighted by molar-refractivity contribution is 0.306. The Morgan fingerprint density at radius 1 is 0.558 bits per heavy atom. The highest BCUT2D eigenvalue weighted by molar-refractivity contribution is 6.09. The molecule has 0 radical (unpaired) electrons. The van der Waals surface area contributed by atoms with Crippen LogP contribution < -0.4 is 10.6 Å². The molecule has 8 rings (SSSR count). The summed E-state index contributed by atoms with van der Waals surface area (Å²) in [5.41, 5.74) is 10.1. The molecule has 1 aliphatic carbocycles. The van der Waals surface area contributed by atoms with Crippen LogP contribution in [0.1, 0.15) is 18.3 Å². The molecule has 1 aromatic heterocycles. The minimum absolute atomic E-state index is 0.0728. The van der Waals surface area contributed by atoms with Gasteiger partial charge in [-0.1, -0.05) is 140 Å². The number of allylic oxidation sites excluding steroid dienone is 3. The smallest absolute Gasteiger partial charge is 0.159 e. The van der Waals surface area contributed by atoms with E-state index in [1.165, 1.54) is 55.2 Å². The highest BCUT2D eigenvalue weighted by Gasteiger charge is 2.28. The predicted octanol–water partition coefficient (Wildman–Crippen LogP) is 9.32. The van der Waals surface area contributed by atoms with Crippen LogP contribution >= 0.6 is 0 Å². The van der Waals surface area contributed by atoms with Gasteiger partial charge in [-0.05, 0) is 58.1 Å². The lowest BCUT2D eigenvalue weighted by atomic mass is 9.84. The quantitative estimate of drug-likeness (QED) is 0.222. The molecule has 2 aliphatic rings. The van der Waals surface area contributed by atoms with Gasteiger partial charge in [-0.15, -0.1) is 0 Å². The normalized spacial score (nSPS) is 19.8. The van der Waals surface area contributed by atoms with Gasteiger partial charge in [-0.2, -0.15) is 0 Å². The fourth-order valence-corrected chi connectivity index (χ4v) is 6.71. The Hall–Kier alpha value is -5.12. The molecule has 0 saturated carbocycles. The average Bonchev–Trinajstić information content (AvgIpc) is 3.43. The molecule has 0 saturated heterocycles. The summed E-state index contributed by atoms with van der Waals surface area (Å²) in [5, 5.41) is 10.1. The van der Waals surface area contributed by atoms with Crippen molar-refractivity contribution in [2.24, 2.45) is 5.92 Å². The van der Waals surface area contributed by atoms with E-state index in [1.807, 2.05) is 0 Å². The Balaban J connectivity index is 1.08. The highest BCUT2D eigenvalue weighted by Crippen LogP contribution is 2.36. The SMILES string of the molecule is C1=CC(C2C=CNC(n3c4ccccc4c4ccc(-c5ccccc5)cc43)N2)CC(c2ccc(-c3ccccc3)cc2)=C1. The summed E-state index contributed by atoms with van der Waals surface area (Å²) in [5.74, 6) is 0.350. The fourth-order valence-electron chi connectivity index (χ4n) is 6.71. The molecule has 5 aromatic carbocycles. The van der Waals surface area contributed by atoms with Crippen LogP contribution in [0.15, 0.2) is 158 Å². The maximum Gasteiger partial charge on any atom is 0.159 e. The number of aromatic nitrogens is 1. The first kappa shape index (κ1) is 25.6. The number of rotatable bonds is 5. The van der Waals surface area contributed by atoms with Crippen LogP contribution in [-0.2, 0) is 0 Å². The number of para-hydroxylation sites is 1. The molecule has 6 aromatic rings. The molecule has 43 heavy (non-hydrogen) atoms. The second kappa shape index (κ2) is 10.9. The van der Waals surface area contributed by atoms with Crippen molar-refractivity contribution in [3.8, 4) is 22.3 Å². The van der Waals surface area contributed by atoms with Crippen LogP contribution in [0.25, 0.3) is 49.6 Å². The van der Waals surface area contributed by atoms with Gasteiger partial charge in [-0.3, -0.25) is 5.32 Å². The molecular weight excluding hydrogens is 522 g/mol. The second-order valence-electron chi connectivity index (χ2n) is 11.5. The van der Waals surface area contributed by atoms with Crippen molar-refractivity contribution in [3.05, 3.63) is 163 Å². The Kier molecular flexibility index (Phi) is 6.51. The standard InChI is InChI=1S/C40H33N3/c1-3-10-28(11-4-1)30-18-20-31(21-19-30)32-14-9-15-34(26-32)37-24-25-41-40(42-37)43-38-17-8-7-16-35(38)36-23-22-33(27-39(36)43)29-12-5-2-6-13-29/h1-25,27,34,37,40-42H,26H2. The third-order valence-electron chi connectivity index (χ3n) is 8.92. The van der Waals surface area contributed by atoms with Gasteiger partial charge < -0.3 is 9.88 Å². The lowest BCUT2D eigenvalue weighted by Gasteiger charge is -2.35. The van der Waals surface area contributed by atoms with E-state index < -0.39 is 0 Å². The van der Waals surface area contributed by atoms with Crippen molar-refractivity contribution >= 4 is 27.4 Å². The molecule has 208 valence electrons. The lowest BCUT2D eigenvalue weighted by Crippen LogP contribution is -2.47. The van der Waals surface area contributed by atoms with E-state index in [4.69, 9.17) is 0 Å². The van der Waals surface area contributed by atoms with Crippen molar-refractivity contribution in [1.82, 2.24) is 15.2 Å². The van der Waals surface area contributed by atoms with Crippen LogP contribution in [0.4, 0.5) is 0 Å². The van der Waals surface area contributed by atoms with Gasteiger partial charge in [0.1, 0.15) is 0 Å². The summed E-state index contributed by atoms with van der Waals surface area (Å²) in [6, 6.07) is 46.0. The molecule has 3 unspecified atom stereocenters. The third kappa shape index (κ3) is 4.78. The topological polar surface area (TPSA) is 29.0 Å². The molecule has 0 amide bonds. The van der Waals surface area contributed by atoms with E-state index in [0.717, 1.165) is 6.42 Å². The first-order valence-electron chi connectivity index (χ1n) is 15.1. The highest BCUT2D eigenvalue weighted by atomic mass is 15.3. The van der Waals surface area contributed by atoms with Crippen molar-refractivity contribution < 1.29 is 0 Å². The van der Waals surface area contributed by atoms with E-state index in [-0.39, 0.29) is 12.3 Å². The van der Waals surface area contributed by atoms with Gasteiger partial charge in [-0.25, -0.2) is 0 Å². The van der Waals surface area contributed by atoms with Gasteiger partial charge >= 0.3 is 0 Å². The fraction of sp³-hybridized carbons (Fsp3) is 0.100. The Bertz CT molecular complexity index is 2000. The van der Waals surface area contributed by atoms with Crippen LogP contribution in [0.2, 0.25) is 0 Å². The van der Waals surface area contributed by atoms with Gasteiger partial charge in [0.05, 0.1) is 11.0 Å². The Morgan fingerprint density at radius 2 is 1.19 bits per heavy atom. The molecule has 1 aliphatic heterocycles. The van der Waals surface area contributed by atoms with Gasteiger partial charge in [0.2, 0.25) is 0 Å². The monoisotopic (exact) mass is 555 g/mol. The maximum atomic E-state index is 3.96. The molecule has 2 N–H and O–H groups in total. The number of fused-ring (bicyclic) bond motifs is 3. The van der Waals surface area contributed by atoms with E-state index in [9.17, 15) is 0 Å². The largest absolute Gasteiger partial charge is 0.359 e. The zero-order valence-electron chi connectivity index (χ0n) is 23.9. The van der Waals surface area contributed by atoms with Crippen molar-refractivity contribution in [1.29, 1.82) is 0 Å². The van der Waals surface area contributed by atoms with Gasteiger partial charge in [0.15, 0.2) is 6.29 Å². The van der Waals surface area contributed by atoms with Crippen LogP contribution in [-0.4, -0.2) is 10.6 Å². The first-order chi connectivity index (χ1) is 21.3. The minimum Gasteiger partial charge on any atom is -0.359 e. The van der Waals surface area contributed by atoms with Gasteiger partial charge in [0.25, 0.3) is 0 Å². The number of hydrogen-bond donors (Lipinski definition) is 2. The molecule has 0 spiro atoms. The third-order valence-corrected chi connectivity index (χ3v) is 8.92. The predicted molar refractivity (Wildman–Crippen MR) is 180 cm³/mol. The molecular formula is C40H33N3. The summed E-state index contributed by atoms with van der Waals surface area (Å²) < 4.78 is 2.43. The summed E-state index contributed by atoms with van der Waals surface area (Å²) in [7, 11) is 0. The van der Waals surface area contributed by atoms with Crippen LogP contribution in [0.5, 0.6) is 0 Å². The number of nitrogens with one attached hydrogen (secondary N) is 2. The van der Waals surface area contributed by atoms with Gasteiger partial charge in [0, 0.05) is 22.7 Å². The Morgan fingerprint density at radius 3 is 1.98 bits per heavy atom. The van der Waals surface area contributed by atoms with E-state index in [2.05, 4.69) is 173 Å². The molecule has 3 atom stereocenters. The molecule has 2 heterocycles. The summed E-state index contributed by atoms with van der Waals surface area (Å²) in [4.78, 5) is 0. The first-order valence-corrected chi connectivity index (χ1v) is 15.1. The zero-order valence-corrected chi connectivity index (χ0v) is 23.9. The Labute approximate surface area is 252 Å². The maximum absolute atomic E-state index is 3.96. The second-order valence-corrected chi connectivity index (χ2v) is 11.5.